The number of hydrogen-bond acceptors (Lipinski definition) is 7. The standard InChI is InChI=1S/C24H37N3O7/c1-8-12-27(22(31)17(14-28)26-23(32)34-24(4,5)6)20(21(30)25-13-18(29)33-7)19-15(2)10-9-11-16(19)3/h9-11,17,20,28H,8,12-14H2,1-7H3,(H,25,30)(H,26,32). The molecule has 0 aliphatic heterocycles. The predicted octanol–water partition coefficient (Wildman–Crippen LogP) is 1.76. The van der Waals surface area contributed by atoms with Gasteiger partial charge in [-0.15, -0.1) is 0 Å². The quantitative estimate of drug-likeness (QED) is 0.435. The molecule has 3 N–H and O–H groups in total. The highest BCUT2D eigenvalue weighted by atomic mass is 16.6. The fourth-order valence-electron chi connectivity index (χ4n) is 3.46. The molecule has 0 aliphatic carbocycles. The number of esters is 1. The van der Waals surface area contributed by atoms with Gasteiger partial charge in [-0.05, 0) is 57.7 Å². The average Bonchev–Trinajstić information content (AvgIpc) is 2.75. The lowest BCUT2D eigenvalue weighted by Gasteiger charge is -2.35. The maximum atomic E-state index is 13.5. The van der Waals surface area contributed by atoms with E-state index in [1.807, 2.05) is 39.0 Å². The molecule has 0 radical (unpaired) electrons. The Morgan fingerprint density at radius 1 is 1.12 bits per heavy atom. The molecule has 0 saturated carbocycles. The summed E-state index contributed by atoms with van der Waals surface area (Å²) >= 11 is 0. The minimum absolute atomic E-state index is 0.162. The molecule has 1 aromatic carbocycles. The van der Waals surface area contributed by atoms with E-state index in [9.17, 15) is 24.3 Å². The van der Waals surface area contributed by atoms with Gasteiger partial charge in [-0.3, -0.25) is 14.4 Å². The molecular formula is C24H37N3O7. The Labute approximate surface area is 201 Å². The second-order valence-electron chi connectivity index (χ2n) is 8.91. The van der Waals surface area contributed by atoms with Crippen molar-refractivity contribution < 1.29 is 33.8 Å². The Kier molecular flexibility index (Phi) is 11.0. The third-order valence-corrected chi connectivity index (χ3v) is 4.93. The zero-order chi connectivity index (χ0) is 26.1. The lowest BCUT2D eigenvalue weighted by Crippen LogP contribution is -2.55. The molecule has 2 unspecified atom stereocenters. The van der Waals surface area contributed by atoms with Crippen molar-refractivity contribution in [3.05, 3.63) is 34.9 Å². The number of aliphatic hydroxyl groups excluding tert-OH is 1. The van der Waals surface area contributed by atoms with Crippen LogP contribution in [0.4, 0.5) is 4.79 Å². The van der Waals surface area contributed by atoms with Crippen molar-refractivity contribution in [2.24, 2.45) is 0 Å². The third kappa shape index (κ3) is 8.33. The number of methoxy groups -OCH3 is 1. The van der Waals surface area contributed by atoms with Crippen LogP contribution in [0.25, 0.3) is 0 Å². The van der Waals surface area contributed by atoms with Crippen molar-refractivity contribution in [3.8, 4) is 0 Å². The van der Waals surface area contributed by atoms with Gasteiger partial charge in [0.25, 0.3) is 0 Å². The zero-order valence-electron chi connectivity index (χ0n) is 21.1. The number of ether oxygens (including phenoxy) is 2. The first-order valence-corrected chi connectivity index (χ1v) is 11.2. The Hall–Kier alpha value is -3.14. The van der Waals surface area contributed by atoms with Gasteiger partial charge >= 0.3 is 12.1 Å². The number of amides is 3. The number of hydrogen-bond donors (Lipinski definition) is 3. The van der Waals surface area contributed by atoms with E-state index in [-0.39, 0.29) is 13.1 Å². The summed E-state index contributed by atoms with van der Waals surface area (Å²) in [6, 6.07) is 3.04. The van der Waals surface area contributed by atoms with E-state index in [1.54, 1.807) is 20.8 Å². The van der Waals surface area contributed by atoms with E-state index in [1.165, 1.54) is 12.0 Å². The van der Waals surface area contributed by atoms with Crippen molar-refractivity contribution >= 4 is 23.9 Å². The van der Waals surface area contributed by atoms with Gasteiger partial charge in [-0.2, -0.15) is 0 Å². The van der Waals surface area contributed by atoms with Gasteiger partial charge in [0.2, 0.25) is 11.8 Å². The molecule has 0 spiro atoms. The first-order valence-electron chi connectivity index (χ1n) is 11.2. The van der Waals surface area contributed by atoms with E-state index in [2.05, 4.69) is 15.4 Å². The highest BCUT2D eigenvalue weighted by Gasteiger charge is 2.37. The van der Waals surface area contributed by atoms with Crippen molar-refractivity contribution in [1.29, 1.82) is 0 Å². The van der Waals surface area contributed by atoms with Crippen molar-refractivity contribution in [1.82, 2.24) is 15.5 Å². The molecule has 34 heavy (non-hydrogen) atoms. The minimum Gasteiger partial charge on any atom is -0.468 e. The summed E-state index contributed by atoms with van der Waals surface area (Å²) < 4.78 is 9.80. The third-order valence-electron chi connectivity index (χ3n) is 4.93. The summed E-state index contributed by atoms with van der Waals surface area (Å²) in [5, 5.41) is 14.8. The molecule has 0 saturated heterocycles. The average molecular weight is 480 g/mol. The second kappa shape index (κ2) is 12.9. The van der Waals surface area contributed by atoms with Crippen LogP contribution < -0.4 is 10.6 Å². The maximum Gasteiger partial charge on any atom is 0.408 e. The van der Waals surface area contributed by atoms with Gasteiger partial charge in [-0.25, -0.2) is 4.79 Å². The minimum atomic E-state index is -1.33. The highest BCUT2D eigenvalue weighted by molar-refractivity contribution is 5.93. The number of nitrogens with one attached hydrogen (secondary N) is 2. The van der Waals surface area contributed by atoms with Crippen LogP contribution in [0.3, 0.4) is 0 Å². The van der Waals surface area contributed by atoms with Gasteiger partial charge in [0.05, 0.1) is 13.7 Å². The Bertz CT molecular complexity index is 860. The molecule has 1 rings (SSSR count). The highest BCUT2D eigenvalue weighted by Crippen LogP contribution is 2.28. The smallest absolute Gasteiger partial charge is 0.408 e. The van der Waals surface area contributed by atoms with Crippen LogP contribution in [0.2, 0.25) is 0 Å². The molecule has 0 fully saturated rings. The van der Waals surface area contributed by atoms with Crippen LogP contribution in [-0.4, -0.2) is 72.3 Å². The van der Waals surface area contributed by atoms with Gasteiger partial charge in [0, 0.05) is 6.54 Å². The number of alkyl carbamates (subject to hydrolysis) is 1. The van der Waals surface area contributed by atoms with E-state index in [4.69, 9.17) is 4.74 Å². The summed E-state index contributed by atoms with van der Waals surface area (Å²) in [7, 11) is 1.21. The number of nitrogens with zero attached hydrogens (tertiary/aromatic N) is 1. The number of rotatable bonds is 10. The van der Waals surface area contributed by atoms with Gasteiger partial charge in [-0.1, -0.05) is 25.1 Å². The van der Waals surface area contributed by atoms with E-state index >= 15 is 0 Å². The van der Waals surface area contributed by atoms with Gasteiger partial charge in [0.1, 0.15) is 24.2 Å². The van der Waals surface area contributed by atoms with Crippen LogP contribution in [-0.2, 0) is 23.9 Å². The summed E-state index contributed by atoms with van der Waals surface area (Å²) in [6.07, 6.45) is -0.364. The molecule has 10 nitrogen and oxygen atoms in total. The summed E-state index contributed by atoms with van der Waals surface area (Å²) in [4.78, 5) is 52.0. The normalized spacial score (nSPS) is 12.8. The molecule has 2 atom stereocenters. The van der Waals surface area contributed by atoms with Crippen LogP contribution in [0.1, 0.15) is 56.8 Å². The van der Waals surface area contributed by atoms with Crippen LogP contribution in [0.15, 0.2) is 18.2 Å². The van der Waals surface area contributed by atoms with E-state index in [0.717, 1.165) is 11.1 Å². The van der Waals surface area contributed by atoms with Crippen molar-refractivity contribution in [2.45, 2.75) is 65.6 Å². The first-order chi connectivity index (χ1) is 15.9. The number of aliphatic hydroxyl groups is 1. The summed E-state index contributed by atoms with van der Waals surface area (Å²) in [6.45, 7) is 9.60. The molecule has 10 heteroatoms. The second-order valence-corrected chi connectivity index (χ2v) is 8.91. The SMILES string of the molecule is CCCN(C(=O)C(CO)NC(=O)OC(C)(C)C)C(C(=O)NCC(=O)OC)c1c(C)cccc1C. The zero-order valence-corrected chi connectivity index (χ0v) is 21.1. The predicted molar refractivity (Wildman–Crippen MR) is 126 cm³/mol. The molecule has 0 bridgehead atoms. The fourth-order valence-corrected chi connectivity index (χ4v) is 3.46. The van der Waals surface area contributed by atoms with Crippen molar-refractivity contribution in [3.63, 3.8) is 0 Å². The van der Waals surface area contributed by atoms with Crippen LogP contribution >= 0.6 is 0 Å². The number of carbonyl (C=O) groups is 4. The largest absolute Gasteiger partial charge is 0.468 e. The number of aryl methyl sites for hydroxylation is 2. The Morgan fingerprint density at radius 2 is 1.71 bits per heavy atom. The Morgan fingerprint density at radius 3 is 2.18 bits per heavy atom. The van der Waals surface area contributed by atoms with E-state index < -0.39 is 48.2 Å². The van der Waals surface area contributed by atoms with Crippen LogP contribution in [0, 0.1) is 13.8 Å². The molecule has 0 heterocycles. The molecule has 3 amide bonds. The monoisotopic (exact) mass is 479 g/mol. The van der Waals surface area contributed by atoms with Gasteiger partial charge in [0.15, 0.2) is 0 Å². The number of benzene rings is 1. The van der Waals surface area contributed by atoms with Gasteiger partial charge < -0.3 is 30.1 Å². The fraction of sp³-hybridized carbons (Fsp3) is 0.583. The maximum absolute atomic E-state index is 13.5. The summed E-state index contributed by atoms with van der Waals surface area (Å²) in [5.41, 5.74) is 1.34. The molecular weight excluding hydrogens is 442 g/mol. The van der Waals surface area contributed by atoms with Crippen molar-refractivity contribution in [2.75, 3.05) is 26.8 Å². The molecule has 0 aromatic heterocycles. The van der Waals surface area contributed by atoms with Crippen LogP contribution in [0.5, 0.6) is 0 Å². The first kappa shape index (κ1) is 28.9. The van der Waals surface area contributed by atoms with E-state index in [0.29, 0.717) is 12.0 Å². The topological polar surface area (TPSA) is 134 Å². The molecule has 0 aliphatic rings. The lowest BCUT2D eigenvalue weighted by atomic mass is 9.93. The number of carbonyl (C=O) groups excluding carboxylic acids is 4. The Balaban J connectivity index is 3.41. The molecule has 1 aromatic rings. The molecule has 190 valence electrons. The summed E-state index contributed by atoms with van der Waals surface area (Å²) in [5.74, 6) is -1.88. The lowest BCUT2D eigenvalue weighted by molar-refractivity contribution is -0.145.